The van der Waals surface area contributed by atoms with Crippen LogP contribution in [-0.4, -0.2) is 21.5 Å². The third-order valence-electron chi connectivity index (χ3n) is 2.13. The van der Waals surface area contributed by atoms with Crippen molar-refractivity contribution in [1.29, 1.82) is 0 Å². The Morgan fingerprint density at radius 2 is 2.20 bits per heavy atom. The molecule has 2 rings (SSSR count). The topological polar surface area (TPSA) is 75.4 Å². The maximum atomic E-state index is 11.5. The molecule has 0 radical (unpaired) electrons. The van der Waals surface area contributed by atoms with Gasteiger partial charge in [0.1, 0.15) is 0 Å². The fourth-order valence-corrected chi connectivity index (χ4v) is 2.96. The molecule has 82 valence electrons. The summed E-state index contributed by atoms with van der Waals surface area (Å²) in [7, 11) is -3.44. The van der Waals surface area contributed by atoms with Gasteiger partial charge in [-0.05, 0) is 18.2 Å². The maximum absolute atomic E-state index is 11.5. The Balaban J connectivity index is 2.50. The molecule has 0 amide bonds. The zero-order valence-electron chi connectivity index (χ0n) is 7.77. The molecule has 1 aliphatic rings. The van der Waals surface area contributed by atoms with Gasteiger partial charge in [-0.25, -0.2) is 0 Å². The Labute approximate surface area is 93.0 Å². The van der Waals surface area contributed by atoms with Gasteiger partial charge in [0.25, 0.3) is 0 Å². The molecule has 1 saturated heterocycles. The number of nitrogens with one attached hydrogen (secondary N) is 1. The standard InChI is InChI=1S/C8H10ClN3O2S/c9-7-2-1-6(10)5-8(7)12-4-3-11-15(12,13)14/h1-2,5,11H,3-4,10H2. The molecule has 7 heteroatoms. The van der Waals surface area contributed by atoms with Crippen LogP contribution in [0.15, 0.2) is 18.2 Å². The summed E-state index contributed by atoms with van der Waals surface area (Å²) in [6.07, 6.45) is 0. The van der Waals surface area contributed by atoms with Gasteiger partial charge in [-0.15, -0.1) is 0 Å². The molecular weight excluding hydrogens is 238 g/mol. The summed E-state index contributed by atoms with van der Waals surface area (Å²) < 4.78 is 26.7. The molecule has 1 heterocycles. The minimum atomic E-state index is -3.44. The van der Waals surface area contributed by atoms with Crippen LogP contribution in [0.1, 0.15) is 0 Å². The van der Waals surface area contributed by atoms with Crippen molar-refractivity contribution in [3.63, 3.8) is 0 Å². The van der Waals surface area contributed by atoms with E-state index in [1.165, 1.54) is 4.31 Å². The lowest BCUT2D eigenvalue weighted by Crippen LogP contribution is -2.29. The first-order chi connectivity index (χ1) is 7.00. The molecule has 0 unspecified atom stereocenters. The number of nitrogen functional groups attached to an aromatic ring is 1. The number of hydrogen-bond donors (Lipinski definition) is 2. The largest absolute Gasteiger partial charge is 0.399 e. The number of nitrogens with two attached hydrogens (primary N) is 1. The zero-order chi connectivity index (χ0) is 11.1. The molecule has 0 atom stereocenters. The van der Waals surface area contributed by atoms with Crippen LogP contribution in [-0.2, 0) is 10.2 Å². The Morgan fingerprint density at radius 1 is 1.47 bits per heavy atom. The number of halogens is 1. The summed E-state index contributed by atoms with van der Waals surface area (Å²) in [4.78, 5) is 0. The predicted octanol–water partition coefficient (Wildman–Crippen LogP) is 0.577. The number of rotatable bonds is 1. The van der Waals surface area contributed by atoms with Crippen molar-refractivity contribution < 1.29 is 8.42 Å². The number of anilines is 2. The fraction of sp³-hybridized carbons (Fsp3) is 0.250. The first-order valence-corrected chi connectivity index (χ1v) is 6.15. The van der Waals surface area contributed by atoms with Crippen LogP contribution in [0.3, 0.4) is 0 Å². The average Bonchev–Trinajstić information content (AvgIpc) is 2.50. The first kappa shape index (κ1) is 10.5. The van der Waals surface area contributed by atoms with Crippen LogP contribution in [0.25, 0.3) is 0 Å². The maximum Gasteiger partial charge on any atom is 0.301 e. The van der Waals surface area contributed by atoms with E-state index in [0.29, 0.717) is 29.5 Å². The SMILES string of the molecule is Nc1ccc(Cl)c(N2CCNS2(=O)=O)c1. The van der Waals surface area contributed by atoms with Crippen molar-refractivity contribution in [3.8, 4) is 0 Å². The van der Waals surface area contributed by atoms with E-state index in [4.69, 9.17) is 17.3 Å². The minimum absolute atomic E-state index is 0.367. The third kappa shape index (κ3) is 1.88. The molecule has 0 bridgehead atoms. The van der Waals surface area contributed by atoms with Gasteiger partial charge in [-0.2, -0.15) is 13.1 Å². The lowest BCUT2D eigenvalue weighted by molar-refractivity contribution is 0.592. The van der Waals surface area contributed by atoms with E-state index < -0.39 is 10.2 Å². The molecule has 1 fully saturated rings. The highest BCUT2D eigenvalue weighted by atomic mass is 35.5. The van der Waals surface area contributed by atoms with E-state index in [-0.39, 0.29) is 0 Å². The number of nitrogens with zero attached hydrogens (tertiary/aromatic N) is 1. The summed E-state index contributed by atoms with van der Waals surface area (Å²) in [6, 6.07) is 4.76. The Bertz CT molecular complexity index is 489. The van der Waals surface area contributed by atoms with E-state index in [1.54, 1.807) is 18.2 Å². The van der Waals surface area contributed by atoms with E-state index >= 15 is 0 Å². The van der Waals surface area contributed by atoms with E-state index in [1.807, 2.05) is 0 Å². The van der Waals surface area contributed by atoms with Gasteiger partial charge in [0.05, 0.1) is 10.7 Å². The lowest BCUT2D eigenvalue weighted by Gasteiger charge is -2.17. The molecule has 0 saturated carbocycles. The van der Waals surface area contributed by atoms with Crippen LogP contribution < -0.4 is 14.8 Å². The van der Waals surface area contributed by atoms with Crippen LogP contribution in [0, 0.1) is 0 Å². The third-order valence-corrected chi connectivity index (χ3v) is 3.98. The molecule has 0 aliphatic carbocycles. The highest BCUT2D eigenvalue weighted by molar-refractivity contribution is 7.91. The molecule has 0 spiro atoms. The van der Waals surface area contributed by atoms with Crippen LogP contribution >= 0.6 is 11.6 Å². The van der Waals surface area contributed by atoms with Crippen LogP contribution in [0.5, 0.6) is 0 Å². The number of benzene rings is 1. The molecule has 3 N–H and O–H groups in total. The fourth-order valence-electron chi connectivity index (χ4n) is 1.45. The van der Waals surface area contributed by atoms with Crippen molar-refractivity contribution >= 4 is 33.2 Å². The average molecular weight is 248 g/mol. The quantitative estimate of drug-likeness (QED) is 0.713. The van der Waals surface area contributed by atoms with Crippen molar-refractivity contribution in [2.45, 2.75) is 0 Å². The molecule has 1 aromatic carbocycles. The van der Waals surface area contributed by atoms with Crippen molar-refractivity contribution in [2.75, 3.05) is 23.1 Å². The molecule has 0 aromatic heterocycles. The first-order valence-electron chi connectivity index (χ1n) is 4.33. The van der Waals surface area contributed by atoms with Crippen LogP contribution in [0.2, 0.25) is 5.02 Å². The number of hydrogen-bond acceptors (Lipinski definition) is 3. The second kappa shape index (κ2) is 3.55. The van der Waals surface area contributed by atoms with Crippen molar-refractivity contribution in [3.05, 3.63) is 23.2 Å². The van der Waals surface area contributed by atoms with Gasteiger partial charge in [0, 0.05) is 18.8 Å². The van der Waals surface area contributed by atoms with Crippen LogP contribution in [0.4, 0.5) is 11.4 Å². The van der Waals surface area contributed by atoms with E-state index in [0.717, 1.165) is 0 Å². The second-order valence-corrected chi connectivity index (χ2v) is 5.27. The summed E-state index contributed by atoms with van der Waals surface area (Å²) >= 11 is 5.91. The summed E-state index contributed by atoms with van der Waals surface area (Å²) in [5.74, 6) is 0. The van der Waals surface area contributed by atoms with Gasteiger partial charge in [-0.3, -0.25) is 4.31 Å². The molecule has 15 heavy (non-hydrogen) atoms. The molecular formula is C8H10ClN3O2S. The smallest absolute Gasteiger partial charge is 0.301 e. The van der Waals surface area contributed by atoms with Gasteiger partial charge in [0.2, 0.25) is 0 Å². The normalized spacial score (nSPS) is 19.4. The Kier molecular flexibility index (Phi) is 2.49. The lowest BCUT2D eigenvalue weighted by atomic mass is 10.3. The minimum Gasteiger partial charge on any atom is -0.399 e. The highest BCUT2D eigenvalue weighted by Gasteiger charge is 2.29. The van der Waals surface area contributed by atoms with Gasteiger partial charge >= 0.3 is 10.2 Å². The van der Waals surface area contributed by atoms with Gasteiger partial charge < -0.3 is 5.73 Å². The van der Waals surface area contributed by atoms with Crippen molar-refractivity contribution in [2.24, 2.45) is 0 Å². The molecule has 5 nitrogen and oxygen atoms in total. The van der Waals surface area contributed by atoms with E-state index in [2.05, 4.69) is 4.72 Å². The van der Waals surface area contributed by atoms with E-state index in [9.17, 15) is 8.42 Å². The highest BCUT2D eigenvalue weighted by Crippen LogP contribution is 2.30. The zero-order valence-corrected chi connectivity index (χ0v) is 9.35. The van der Waals surface area contributed by atoms with Gasteiger partial charge in [-0.1, -0.05) is 11.6 Å². The summed E-state index contributed by atoms with van der Waals surface area (Å²) in [5.41, 5.74) is 6.48. The van der Waals surface area contributed by atoms with Crippen molar-refractivity contribution in [1.82, 2.24) is 4.72 Å². The Hall–Kier alpha value is -0.980. The predicted molar refractivity (Wildman–Crippen MR) is 60.1 cm³/mol. The molecule has 1 aromatic rings. The summed E-state index contributed by atoms with van der Waals surface area (Å²) in [6.45, 7) is 0.749. The second-order valence-electron chi connectivity index (χ2n) is 3.18. The summed E-state index contributed by atoms with van der Waals surface area (Å²) in [5, 5.41) is 0.372. The Morgan fingerprint density at radius 3 is 2.80 bits per heavy atom. The molecule has 1 aliphatic heterocycles. The van der Waals surface area contributed by atoms with Gasteiger partial charge in [0.15, 0.2) is 0 Å². The monoisotopic (exact) mass is 247 g/mol.